The molecule has 0 spiro atoms. The molecule has 1 aliphatic carbocycles. The van der Waals surface area contributed by atoms with Crippen LogP contribution in [0.15, 0.2) is 58.1 Å². The Morgan fingerprint density at radius 2 is 2.07 bits per heavy atom. The fourth-order valence-corrected chi connectivity index (χ4v) is 3.80. The molecule has 4 rings (SSSR count). The van der Waals surface area contributed by atoms with E-state index in [2.05, 4.69) is 31.6 Å². The number of carbonyl (C=O) groups excluding carboxylic acids is 1. The molecular weight excluding hydrogens is 420 g/mol. The van der Waals surface area contributed by atoms with E-state index in [1.54, 1.807) is 13.3 Å². The minimum atomic E-state index is -0.307. The number of nitrogens with zero attached hydrogens (tertiary/aromatic N) is 3. The zero-order chi connectivity index (χ0) is 19.5. The Labute approximate surface area is 171 Å². The summed E-state index contributed by atoms with van der Waals surface area (Å²) < 4.78 is 8.09. The van der Waals surface area contributed by atoms with E-state index in [-0.39, 0.29) is 5.91 Å². The fourth-order valence-electron chi connectivity index (χ4n) is 3.42. The zero-order valence-corrected chi connectivity index (χ0v) is 16.9. The first-order valence-electron chi connectivity index (χ1n) is 9.00. The van der Waals surface area contributed by atoms with Crippen molar-refractivity contribution in [1.82, 2.24) is 15.2 Å². The van der Waals surface area contributed by atoms with Crippen molar-refractivity contribution in [1.29, 1.82) is 0 Å². The smallest absolute Gasteiger partial charge is 0.292 e. The van der Waals surface area contributed by atoms with Crippen LogP contribution in [-0.4, -0.2) is 29.0 Å². The number of rotatable bonds is 5. The topological polar surface area (TPSA) is 68.5 Å². The van der Waals surface area contributed by atoms with Gasteiger partial charge >= 0.3 is 0 Å². The largest absolute Gasteiger partial charge is 0.496 e. The first kappa shape index (κ1) is 18.4. The number of amides is 1. The highest BCUT2D eigenvalue weighted by Gasteiger charge is 2.26. The van der Waals surface area contributed by atoms with E-state index in [1.165, 1.54) is 0 Å². The number of hydrogen-bond acceptors (Lipinski definition) is 4. The molecule has 1 N–H and O–H groups in total. The maximum absolute atomic E-state index is 12.7. The Balaban J connectivity index is 1.57. The minimum absolute atomic E-state index is 0.307. The SMILES string of the molecule is COc1ccc(Br)cc1/C=N/NC(=O)c1nn(-c2ccccc2)c2c1CCC2. The third-order valence-corrected chi connectivity index (χ3v) is 5.20. The molecular formula is C21H19BrN4O2. The Morgan fingerprint density at radius 1 is 1.25 bits per heavy atom. The molecule has 0 saturated carbocycles. The summed E-state index contributed by atoms with van der Waals surface area (Å²) in [5, 5.41) is 8.67. The van der Waals surface area contributed by atoms with E-state index >= 15 is 0 Å². The number of para-hydroxylation sites is 1. The summed E-state index contributed by atoms with van der Waals surface area (Å²) in [4.78, 5) is 12.7. The zero-order valence-electron chi connectivity index (χ0n) is 15.4. The summed E-state index contributed by atoms with van der Waals surface area (Å²) >= 11 is 3.42. The molecule has 1 aromatic heterocycles. The summed E-state index contributed by atoms with van der Waals surface area (Å²) in [6.07, 6.45) is 4.37. The van der Waals surface area contributed by atoms with E-state index in [1.807, 2.05) is 53.2 Å². The lowest BCUT2D eigenvalue weighted by Crippen LogP contribution is -2.20. The van der Waals surface area contributed by atoms with Gasteiger partial charge in [-0.15, -0.1) is 0 Å². The van der Waals surface area contributed by atoms with Gasteiger partial charge in [-0.25, -0.2) is 10.1 Å². The highest BCUT2D eigenvalue weighted by Crippen LogP contribution is 2.27. The van der Waals surface area contributed by atoms with Gasteiger partial charge in [-0.2, -0.15) is 10.2 Å². The molecule has 0 saturated heterocycles. The molecule has 142 valence electrons. The molecule has 0 unspecified atom stereocenters. The highest BCUT2D eigenvalue weighted by atomic mass is 79.9. The number of fused-ring (bicyclic) bond motifs is 1. The second-order valence-electron chi connectivity index (χ2n) is 6.46. The van der Waals surface area contributed by atoms with Crippen molar-refractivity contribution in [2.45, 2.75) is 19.3 Å². The quantitative estimate of drug-likeness (QED) is 0.485. The average Bonchev–Trinajstić information content (AvgIpc) is 3.31. The van der Waals surface area contributed by atoms with Crippen LogP contribution in [0.2, 0.25) is 0 Å². The number of hydrogen-bond donors (Lipinski definition) is 1. The molecule has 1 aliphatic rings. The van der Waals surface area contributed by atoms with E-state index in [9.17, 15) is 4.79 Å². The Morgan fingerprint density at radius 3 is 2.86 bits per heavy atom. The Bertz CT molecular complexity index is 1040. The highest BCUT2D eigenvalue weighted by molar-refractivity contribution is 9.10. The number of ether oxygens (including phenoxy) is 1. The van der Waals surface area contributed by atoms with Gasteiger partial charge in [0, 0.05) is 21.3 Å². The summed E-state index contributed by atoms with van der Waals surface area (Å²) in [7, 11) is 1.60. The van der Waals surface area contributed by atoms with Crippen LogP contribution in [-0.2, 0) is 12.8 Å². The number of benzene rings is 2. The van der Waals surface area contributed by atoms with Gasteiger partial charge in [-0.3, -0.25) is 4.79 Å². The standard InChI is InChI=1S/C21H19BrN4O2/c1-28-19-11-10-15(22)12-14(19)13-23-24-21(27)20-17-8-5-9-18(17)26(25-20)16-6-3-2-4-7-16/h2-4,6-7,10-13H,5,8-9H2,1H3,(H,24,27)/b23-13+. The number of carbonyl (C=O) groups is 1. The van der Waals surface area contributed by atoms with Gasteiger partial charge in [0.05, 0.1) is 19.0 Å². The van der Waals surface area contributed by atoms with Crippen LogP contribution < -0.4 is 10.2 Å². The maximum Gasteiger partial charge on any atom is 0.292 e. The summed E-state index contributed by atoms with van der Waals surface area (Å²) in [5.74, 6) is 0.369. The molecule has 28 heavy (non-hydrogen) atoms. The summed E-state index contributed by atoms with van der Waals surface area (Å²) in [6, 6.07) is 15.5. The van der Waals surface area contributed by atoms with Crippen molar-refractivity contribution in [3.05, 3.63) is 75.5 Å². The van der Waals surface area contributed by atoms with Crippen molar-refractivity contribution in [3.63, 3.8) is 0 Å². The fraction of sp³-hybridized carbons (Fsp3) is 0.190. The normalized spacial score (nSPS) is 12.9. The molecule has 0 aliphatic heterocycles. The molecule has 0 fully saturated rings. The number of nitrogens with one attached hydrogen (secondary N) is 1. The molecule has 0 radical (unpaired) electrons. The molecule has 0 atom stereocenters. The van der Waals surface area contributed by atoms with Crippen LogP contribution in [0, 0.1) is 0 Å². The number of hydrazone groups is 1. The molecule has 3 aromatic rings. The monoisotopic (exact) mass is 438 g/mol. The van der Waals surface area contributed by atoms with E-state index in [4.69, 9.17) is 4.74 Å². The van der Waals surface area contributed by atoms with Crippen molar-refractivity contribution < 1.29 is 9.53 Å². The Hall–Kier alpha value is -2.93. The minimum Gasteiger partial charge on any atom is -0.496 e. The van der Waals surface area contributed by atoms with Gasteiger partial charge in [-0.05, 0) is 49.6 Å². The van der Waals surface area contributed by atoms with Crippen molar-refractivity contribution >= 4 is 28.1 Å². The van der Waals surface area contributed by atoms with Gasteiger partial charge in [0.2, 0.25) is 0 Å². The summed E-state index contributed by atoms with van der Waals surface area (Å²) in [5.41, 5.74) is 6.87. The molecule has 0 bridgehead atoms. The first-order chi connectivity index (χ1) is 13.7. The number of methoxy groups -OCH3 is 1. The van der Waals surface area contributed by atoms with Gasteiger partial charge < -0.3 is 4.74 Å². The van der Waals surface area contributed by atoms with Crippen LogP contribution in [0.25, 0.3) is 5.69 Å². The van der Waals surface area contributed by atoms with E-state index in [0.29, 0.717) is 11.4 Å². The van der Waals surface area contributed by atoms with Crippen molar-refractivity contribution in [3.8, 4) is 11.4 Å². The van der Waals surface area contributed by atoms with Crippen molar-refractivity contribution in [2.24, 2.45) is 5.10 Å². The summed E-state index contributed by atoms with van der Waals surface area (Å²) in [6.45, 7) is 0. The van der Waals surface area contributed by atoms with Gasteiger partial charge in [0.25, 0.3) is 5.91 Å². The lowest BCUT2D eigenvalue weighted by Gasteiger charge is -2.05. The van der Waals surface area contributed by atoms with Crippen molar-refractivity contribution in [2.75, 3.05) is 7.11 Å². The van der Waals surface area contributed by atoms with Crippen LogP contribution in [0.3, 0.4) is 0 Å². The predicted molar refractivity (Wildman–Crippen MR) is 111 cm³/mol. The van der Waals surface area contributed by atoms with Crippen LogP contribution in [0.4, 0.5) is 0 Å². The third kappa shape index (κ3) is 3.57. The Kier molecular flexibility index (Phi) is 5.25. The number of aromatic nitrogens is 2. The van der Waals surface area contributed by atoms with E-state index in [0.717, 1.165) is 46.2 Å². The van der Waals surface area contributed by atoms with Crippen LogP contribution >= 0.6 is 15.9 Å². The molecule has 7 heteroatoms. The molecule has 2 aromatic carbocycles. The average molecular weight is 439 g/mol. The van der Waals surface area contributed by atoms with Gasteiger partial charge in [0.15, 0.2) is 5.69 Å². The predicted octanol–water partition coefficient (Wildman–Crippen LogP) is 3.90. The first-order valence-corrected chi connectivity index (χ1v) is 9.80. The number of halogens is 1. The lowest BCUT2D eigenvalue weighted by atomic mass is 10.2. The second-order valence-corrected chi connectivity index (χ2v) is 7.38. The molecule has 1 heterocycles. The van der Waals surface area contributed by atoms with Gasteiger partial charge in [0.1, 0.15) is 5.75 Å². The molecule has 6 nitrogen and oxygen atoms in total. The maximum atomic E-state index is 12.7. The second kappa shape index (κ2) is 7.98. The lowest BCUT2D eigenvalue weighted by molar-refractivity contribution is 0.0949. The van der Waals surface area contributed by atoms with Crippen LogP contribution in [0.1, 0.15) is 33.7 Å². The van der Waals surface area contributed by atoms with Gasteiger partial charge in [-0.1, -0.05) is 34.1 Å². The van der Waals surface area contributed by atoms with Crippen LogP contribution in [0.5, 0.6) is 5.75 Å². The molecule has 1 amide bonds. The van der Waals surface area contributed by atoms with E-state index < -0.39 is 0 Å². The third-order valence-electron chi connectivity index (χ3n) is 4.71.